The molecule has 0 radical (unpaired) electrons. The normalized spacial score (nSPS) is 30.2. The highest BCUT2D eigenvalue weighted by Crippen LogP contribution is 2.38. The van der Waals surface area contributed by atoms with Crippen molar-refractivity contribution in [2.45, 2.75) is 52.2 Å². The molecule has 1 aliphatic rings. The fourth-order valence-corrected chi connectivity index (χ4v) is 2.93. The van der Waals surface area contributed by atoms with E-state index >= 15 is 0 Å². The molecule has 1 aliphatic carbocycles. The van der Waals surface area contributed by atoms with Crippen LogP contribution in [0.2, 0.25) is 0 Å². The van der Waals surface area contributed by atoms with E-state index in [0.717, 1.165) is 12.5 Å². The summed E-state index contributed by atoms with van der Waals surface area (Å²) in [7, 11) is 3.47. The van der Waals surface area contributed by atoms with Crippen LogP contribution in [0.25, 0.3) is 0 Å². The average molecular weight is 243 g/mol. The molecule has 0 amide bonds. The monoisotopic (exact) mass is 243 g/mol. The van der Waals surface area contributed by atoms with Crippen LogP contribution in [0.5, 0.6) is 0 Å². The zero-order chi connectivity index (χ0) is 12.9. The third kappa shape index (κ3) is 4.94. The Morgan fingerprint density at radius 1 is 1.35 bits per heavy atom. The topological polar surface area (TPSA) is 30.5 Å². The Balaban J connectivity index is 2.32. The Morgan fingerprint density at radius 2 is 2.06 bits per heavy atom. The molecule has 1 fully saturated rings. The quantitative estimate of drug-likeness (QED) is 0.777. The van der Waals surface area contributed by atoms with Crippen LogP contribution in [0.3, 0.4) is 0 Å². The van der Waals surface area contributed by atoms with E-state index < -0.39 is 0 Å². The van der Waals surface area contributed by atoms with Gasteiger partial charge in [-0.1, -0.05) is 20.8 Å². The predicted octanol–water partition coefficient (Wildman–Crippen LogP) is 2.45. The maximum atomic E-state index is 5.37. The van der Waals surface area contributed by atoms with Gasteiger partial charge < -0.3 is 14.8 Å². The summed E-state index contributed by atoms with van der Waals surface area (Å²) in [4.78, 5) is 0. The smallest absolute Gasteiger partial charge is 0.0928 e. The molecule has 3 unspecified atom stereocenters. The van der Waals surface area contributed by atoms with Crippen molar-refractivity contribution in [1.82, 2.24) is 5.32 Å². The zero-order valence-corrected chi connectivity index (χ0v) is 12.1. The van der Waals surface area contributed by atoms with Crippen LogP contribution < -0.4 is 5.32 Å². The lowest BCUT2D eigenvalue weighted by atomic mass is 9.70. The van der Waals surface area contributed by atoms with Gasteiger partial charge in [-0.25, -0.2) is 0 Å². The number of rotatable bonds is 6. The van der Waals surface area contributed by atoms with Gasteiger partial charge in [-0.15, -0.1) is 0 Å². The summed E-state index contributed by atoms with van der Waals surface area (Å²) in [5.74, 6) is 0.749. The molecule has 102 valence electrons. The first-order valence-corrected chi connectivity index (χ1v) is 6.73. The van der Waals surface area contributed by atoms with E-state index in [1.165, 1.54) is 19.3 Å². The van der Waals surface area contributed by atoms with E-state index in [2.05, 4.69) is 26.1 Å². The molecule has 3 nitrogen and oxygen atoms in total. The predicted molar refractivity (Wildman–Crippen MR) is 71.3 cm³/mol. The van der Waals surface area contributed by atoms with Gasteiger partial charge in [0.1, 0.15) is 0 Å². The van der Waals surface area contributed by atoms with Crippen LogP contribution in [0, 0.1) is 11.3 Å². The molecule has 3 heteroatoms. The molecule has 1 rings (SSSR count). The Morgan fingerprint density at radius 3 is 2.59 bits per heavy atom. The van der Waals surface area contributed by atoms with Crippen molar-refractivity contribution in [1.29, 1.82) is 0 Å². The summed E-state index contributed by atoms with van der Waals surface area (Å²) in [5.41, 5.74) is 0.519. The van der Waals surface area contributed by atoms with Crippen molar-refractivity contribution in [3.8, 4) is 0 Å². The van der Waals surface area contributed by atoms with Crippen molar-refractivity contribution in [2.24, 2.45) is 11.3 Å². The lowest BCUT2D eigenvalue weighted by Crippen LogP contribution is -2.45. The standard InChI is InChI=1S/C14H29NO2/c1-11-8-14(2,3)7-6-13(11)15-9-12(17-5)10-16-4/h11-13,15H,6-10H2,1-5H3. The number of ether oxygens (including phenoxy) is 2. The molecular formula is C14H29NO2. The Kier molecular flexibility index (Phi) is 5.90. The minimum atomic E-state index is 0.169. The van der Waals surface area contributed by atoms with E-state index in [0.29, 0.717) is 18.1 Å². The molecule has 0 aromatic heterocycles. The molecule has 0 saturated heterocycles. The van der Waals surface area contributed by atoms with Crippen molar-refractivity contribution in [3.05, 3.63) is 0 Å². The van der Waals surface area contributed by atoms with Gasteiger partial charge in [0.05, 0.1) is 12.7 Å². The summed E-state index contributed by atoms with van der Waals surface area (Å²) >= 11 is 0. The maximum absolute atomic E-state index is 5.37. The second kappa shape index (κ2) is 6.72. The van der Waals surface area contributed by atoms with Gasteiger partial charge in [0.15, 0.2) is 0 Å². The van der Waals surface area contributed by atoms with E-state index in [4.69, 9.17) is 9.47 Å². The molecule has 0 aromatic rings. The Bertz CT molecular complexity index is 218. The first-order valence-electron chi connectivity index (χ1n) is 6.73. The van der Waals surface area contributed by atoms with Crippen molar-refractivity contribution in [3.63, 3.8) is 0 Å². The highest BCUT2D eigenvalue weighted by molar-refractivity contribution is 4.87. The van der Waals surface area contributed by atoms with Gasteiger partial charge in [0.25, 0.3) is 0 Å². The van der Waals surface area contributed by atoms with Gasteiger partial charge in [-0.3, -0.25) is 0 Å². The lowest BCUT2D eigenvalue weighted by Gasteiger charge is -2.40. The SMILES string of the molecule is COCC(CNC1CCC(C)(C)CC1C)OC. The Labute approximate surface area is 106 Å². The minimum absolute atomic E-state index is 0.169. The number of hydrogen-bond donors (Lipinski definition) is 1. The number of nitrogens with one attached hydrogen (secondary N) is 1. The van der Waals surface area contributed by atoms with Crippen LogP contribution in [-0.2, 0) is 9.47 Å². The van der Waals surface area contributed by atoms with Crippen LogP contribution in [0.15, 0.2) is 0 Å². The molecular weight excluding hydrogens is 214 g/mol. The van der Waals surface area contributed by atoms with Gasteiger partial charge in [0.2, 0.25) is 0 Å². The molecule has 1 N–H and O–H groups in total. The van der Waals surface area contributed by atoms with E-state index in [1.54, 1.807) is 14.2 Å². The fourth-order valence-electron chi connectivity index (χ4n) is 2.93. The third-order valence-electron chi connectivity index (χ3n) is 3.99. The summed E-state index contributed by atoms with van der Waals surface area (Å²) in [6.45, 7) is 8.66. The molecule has 0 aromatic carbocycles. The van der Waals surface area contributed by atoms with Crippen LogP contribution >= 0.6 is 0 Å². The molecule has 0 bridgehead atoms. The summed E-state index contributed by atoms with van der Waals surface area (Å²) in [6, 6.07) is 0.637. The second-order valence-corrected chi connectivity index (χ2v) is 6.21. The van der Waals surface area contributed by atoms with Crippen LogP contribution in [0.1, 0.15) is 40.0 Å². The summed E-state index contributed by atoms with van der Waals surface area (Å²) < 4.78 is 10.5. The lowest BCUT2D eigenvalue weighted by molar-refractivity contribution is 0.0233. The van der Waals surface area contributed by atoms with E-state index in [9.17, 15) is 0 Å². The highest BCUT2D eigenvalue weighted by Gasteiger charge is 2.32. The van der Waals surface area contributed by atoms with Crippen LogP contribution in [-0.4, -0.2) is 39.5 Å². The first-order chi connectivity index (χ1) is 7.98. The van der Waals surface area contributed by atoms with E-state index in [1.807, 2.05) is 0 Å². The Hall–Kier alpha value is -0.120. The van der Waals surface area contributed by atoms with Crippen LogP contribution in [0.4, 0.5) is 0 Å². The van der Waals surface area contributed by atoms with Crippen molar-refractivity contribution in [2.75, 3.05) is 27.4 Å². The molecule has 17 heavy (non-hydrogen) atoms. The minimum Gasteiger partial charge on any atom is -0.382 e. The van der Waals surface area contributed by atoms with Gasteiger partial charge >= 0.3 is 0 Å². The van der Waals surface area contributed by atoms with Gasteiger partial charge in [-0.2, -0.15) is 0 Å². The van der Waals surface area contributed by atoms with E-state index in [-0.39, 0.29) is 6.10 Å². The molecule has 0 heterocycles. The zero-order valence-electron chi connectivity index (χ0n) is 12.1. The number of methoxy groups -OCH3 is 2. The molecule has 3 atom stereocenters. The van der Waals surface area contributed by atoms with Crippen molar-refractivity contribution < 1.29 is 9.47 Å². The molecule has 1 saturated carbocycles. The largest absolute Gasteiger partial charge is 0.382 e. The highest BCUT2D eigenvalue weighted by atomic mass is 16.5. The fraction of sp³-hybridized carbons (Fsp3) is 1.00. The second-order valence-electron chi connectivity index (χ2n) is 6.21. The summed E-state index contributed by atoms with van der Waals surface area (Å²) in [6.07, 6.45) is 4.07. The molecule has 0 aliphatic heterocycles. The maximum Gasteiger partial charge on any atom is 0.0928 e. The van der Waals surface area contributed by atoms with Gasteiger partial charge in [0, 0.05) is 26.8 Å². The first kappa shape index (κ1) is 14.9. The van der Waals surface area contributed by atoms with Crippen molar-refractivity contribution >= 4 is 0 Å². The third-order valence-corrected chi connectivity index (χ3v) is 3.99. The van der Waals surface area contributed by atoms with Gasteiger partial charge in [-0.05, 0) is 30.6 Å². The molecule has 0 spiro atoms. The number of hydrogen-bond acceptors (Lipinski definition) is 3. The average Bonchev–Trinajstić information content (AvgIpc) is 2.25. The summed E-state index contributed by atoms with van der Waals surface area (Å²) in [5, 5.41) is 3.64.